The van der Waals surface area contributed by atoms with Gasteiger partial charge in [-0.05, 0) is 11.6 Å². The third kappa shape index (κ3) is 1.91. The van der Waals surface area contributed by atoms with Gasteiger partial charge in [-0.25, -0.2) is 0 Å². The van der Waals surface area contributed by atoms with E-state index < -0.39 is 0 Å². The molecule has 0 unspecified atom stereocenters. The Hall–Kier alpha value is -1.09. The minimum absolute atomic E-state index is 0.0930. The molecule has 1 heterocycles. The number of carbonyl (C=O) groups excluding carboxylic acids is 1. The summed E-state index contributed by atoms with van der Waals surface area (Å²) in [5, 5.41) is 0. The summed E-state index contributed by atoms with van der Waals surface area (Å²) in [7, 11) is 1.74. The molecule has 0 aromatic heterocycles. The van der Waals surface area contributed by atoms with Gasteiger partial charge in [-0.15, -0.1) is 0 Å². The first-order chi connectivity index (χ1) is 5.24. The van der Waals surface area contributed by atoms with Crippen LogP contribution in [0.25, 0.3) is 0 Å². The monoisotopic (exact) mass is 152 g/mol. The lowest BCUT2D eigenvalue weighted by molar-refractivity contribution is -0.126. The molecule has 0 bridgehead atoms. The topological polar surface area (TPSA) is 46.3 Å². The molecule has 0 aliphatic carbocycles. The molecule has 2 N–H and O–H groups in total. The lowest BCUT2D eigenvalue weighted by Gasteiger charge is -2.09. The van der Waals surface area contributed by atoms with E-state index in [1.54, 1.807) is 18.1 Å². The van der Waals surface area contributed by atoms with Gasteiger partial charge in [0.15, 0.2) is 0 Å². The normalized spacial score (nSPS) is 18.2. The lowest BCUT2D eigenvalue weighted by atomic mass is 10.2. The van der Waals surface area contributed by atoms with Crippen molar-refractivity contribution < 1.29 is 4.79 Å². The molecule has 0 aromatic carbocycles. The molecule has 3 nitrogen and oxygen atoms in total. The van der Waals surface area contributed by atoms with Crippen LogP contribution in [0.2, 0.25) is 0 Å². The molecule has 0 fully saturated rings. The third-order valence-electron chi connectivity index (χ3n) is 1.68. The average molecular weight is 152 g/mol. The van der Waals surface area contributed by atoms with Gasteiger partial charge in [0, 0.05) is 26.2 Å². The first-order valence-electron chi connectivity index (χ1n) is 3.56. The second-order valence-corrected chi connectivity index (χ2v) is 2.55. The van der Waals surface area contributed by atoms with Gasteiger partial charge in [-0.2, -0.15) is 0 Å². The molecule has 0 aromatic rings. The van der Waals surface area contributed by atoms with E-state index in [0.717, 1.165) is 5.57 Å². The van der Waals surface area contributed by atoms with Crippen molar-refractivity contribution in [3.05, 3.63) is 23.9 Å². The maximum atomic E-state index is 11.2. The van der Waals surface area contributed by atoms with Crippen LogP contribution in [-0.2, 0) is 4.79 Å². The Kier molecular flexibility index (Phi) is 2.44. The fourth-order valence-corrected chi connectivity index (χ4v) is 0.909. The predicted molar refractivity (Wildman–Crippen MR) is 43.7 cm³/mol. The van der Waals surface area contributed by atoms with Crippen molar-refractivity contribution in [2.75, 3.05) is 13.6 Å². The minimum atomic E-state index is 0.0930. The highest BCUT2D eigenvalue weighted by Gasteiger charge is 2.09. The first-order valence-corrected chi connectivity index (χ1v) is 3.56. The summed E-state index contributed by atoms with van der Waals surface area (Å²) >= 11 is 0. The number of hydrogen-bond donors (Lipinski definition) is 1. The van der Waals surface area contributed by atoms with Crippen LogP contribution in [0.5, 0.6) is 0 Å². The zero-order valence-electron chi connectivity index (χ0n) is 6.58. The predicted octanol–water partition coefficient (Wildman–Crippen LogP) is 0.247. The van der Waals surface area contributed by atoms with E-state index in [2.05, 4.69) is 0 Å². The molecule has 60 valence electrons. The minimum Gasteiger partial charge on any atom is -0.327 e. The average Bonchev–Trinajstić information content (AvgIpc) is 2.15. The van der Waals surface area contributed by atoms with Crippen LogP contribution < -0.4 is 5.73 Å². The summed E-state index contributed by atoms with van der Waals surface area (Å²) in [4.78, 5) is 12.7. The number of carbonyl (C=O) groups is 1. The Balaban J connectivity index is 2.73. The summed E-state index contributed by atoms with van der Waals surface area (Å²) in [6.07, 6.45) is 5.92. The Bertz CT molecular complexity index is 218. The molecule has 0 atom stereocenters. The Morgan fingerprint density at radius 1 is 1.73 bits per heavy atom. The second kappa shape index (κ2) is 3.34. The van der Waals surface area contributed by atoms with Crippen molar-refractivity contribution in [2.24, 2.45) is 5.73 Å². The molecule has 0 saturated carbocycles. The summed E-state index contributed by atoms with van der Waals surface area (Å²) < 4.78 is 0. The van der Waals surface area contributed by atoms with Crippen molar-refractivity contribution >= 4 is 5.91 Å². The summed E-state index contributed by atoms with van der Waals surface area (Å²) in [6, 6.07) is 0. The quantitative estimate of drug-likeness (QED) is 0.585. The molecule has 3 heteroatoms. The summed E-state index contributed by atoms with van der Waals surface area (Å²) in [5.74, 6) is 0.0930. The van der Waals surface area contributed by atoms with Gasteiger partial charge in [0.05, 0.1) is 0 Å². The van der Waals surface area contributed by atoms with Crippen LogP contribution >= 0.6 is 0 Å². The summed E-state index contributed by atoms with van der Waals surface area (Å²) in [6.45, 7) is 0.462. The smallest absolute Gasteiger partial charge is 0.230 e. The van der Waals surface area contributed by atoms with E-state index in [0.29, 0.717) is 13.0 Å². The fourth-order valence-electron chi connectivity index (χ4n) is 0.909. The van der Waals surface area contributed by atoms with Crippen LogP contribution in [0.1, 0.15) is 6.42 Å². The zero-order valence-corrected chi connectivity index (χ0v) is 6.58. The van der Waals surface area contributed by atoms with Crippen LogP contribution in [0.4, 0.5) is 0 Å². The highest BCUT2D eigenvalue weighted by atomic mass is 16.2. The molecule has 1 amide bonds. The van der Waals surface area contributed by atoms with Gasteiger partial charge in [0.25, 0.3) is 0 Å². The van der Waals surface area contributed by atoms with Gasteiger partial charge in [-0.3, -0.25) is 4.79 Å². The molecule has 1 rings (SSSR count). The Labute approximate surface area is 66.2 Å². The fraction of sp³-hybridized carbons (Fsp3) is 0.375. The molecule has 1 aliphatic heterocycles. The largest absolute Gasteiger partial charge is 0.327 e. The van der Waals surface area contributed by atoms with Crippen LogP contribution in [-0.4, -0.2) is 24.4 Å². The van der Waals surface area contributed by atoms with Crippen molar-refractivity contribution in [3.63, 3.8) is 0 Å². The van der Waals surface area contributed by atoms with Crippen molar-refractivity contribution in [3.8, 4) is 0 Å². The Morgan fingerprint density at radius 2 is 2.45 bits per heavy atom. The zero-order chi connectivity index (χ0) is 8.27. The number of nitrogens with zero attached hydrogens (tertiary/aromatic N) is 1. The SMILES string of the molecule is CN1C=CC=C(CN)CC1=O. The Morgan fingerprint density at radius 3 is 3.09 bits per heavy atom. The van der Waals surface area contributed by atoms with Crippen LogP contribution in [0, 0.1) is 0 Å². The third-order valence-corrected chi connectivity index (χ3v) is 1.68. The number of amides is 1. The molecular weight excluding hydrogens is 140 g/mol. The number of rotatable bonds is 1. The van der Waals surface area contributed by atoms with Gasteiger partial charge in [0.1, 0.15) is 0 Å². The van der Waals surface area contributed by atoms with E-state index >= 15 is 0 Å². The van der Waals surface area contributed by atoms with E-state index in [-0.39, 0.29) is 5.91 Å². The number of allylic oxidation sites excluding steroid dienone is 2. The highest BCUT2D eigenvalue weighted by molar-refractivity contribution is 5.80. The van der Waals surface area contributed by atoms with E-state index in [1.807, 2.05) is 12.2 Å². The van der Waals surface area contributed by atoms with Gasteiger partial charge < -0.3 is 10.6 Å². The summed E-state index contributed by atoms with van der Waals surface area (Å²) in [5.41, 5.74) is 6.39. The molecule has 0 spiro atoms. The van der Waals surface area contributed by atoms with Crippen molar-refractivity contribution in [1.29, 1.82) is 0 Å². The second-order valence-electron chi connectivity index (χ2n) is 2.55. The molecule has 0 radical (unpaired) electrons. The molecule has 0 saturated heterocycles. The van der Waals surface area contributed by atoms with Gasteiger partial charge >= 0.3 is 0 Å². The standard InChI is InChI=1S/C8H12N2O/c1-10-4-2-3-7(6-9)5-8(10)11/h2-4H,5-6,9H2,1H3. The van der Waals surface area contributed by atoms with E-state index in [4.69, 9.17) is 5.73 Å². The lowest BCUT2D eigenvalue weighted by Crippen LogP contribution is -2.21. The van der Waals surface area contributed by atoms with Gasteiger partial charge in [0.2, 0.25) is 5.91 Å². The van der Waals surface area contributed by atoms with Crippen molar-refractivity contribution in [1.82, 2.24) is 4.90 Å². The number of hydrogen-bond acceptors (Lipinski definition) is 2. The maximum absolute atomic E-state index is 11.2. The molecule has 1 aliphatic rings. The molecular formula is C8H12N2O. The maximum Gasteiger partial charge on any atom is 0.230 e. The van der Waals surface area contributed by atoms with Crippen LogP contribution in [0.15, 0.2) is 23.9 Å². The number of nitrogens with two attached hydrogens (primary N) is 1. The van der Waals surface area contributed by atoms with E-state index in [1.165, 1.54) is 0 Å². The highest BCUT2D eigenvalue weighted by Crippen LogP contribution is 2.07. The first kappa shape index (κ1) is 8.01. The molecule has 11 heavy (non-hydrogen) atoms. The van der Waals surface area contributed by atoms with E-state index in [9.17, 15) is 4.79 Å². The van der Waals surface area contributed by atoms with Crippen molar-refractivity contribution in [2.45, 2.75) is 6.42 Å². The van der Waals surface area contributed by atoms with Gasteiger partial charge in [-0.1, -0.05) is 6.08 Å². The van der Waals surface area contributed by atoms with Crippen LogP contribution in [0.3, 0.4) is 0 Å².